The number of hydrogen-bond donors (Lipinski definition) is 9. The van der Waals surface area contributed by atoms with Crippen LogP contribution in [0.2, 0.25) is 0 Å². The van der Waals surface area contributed by atoms with Crippen molar-refractivity contribution >= 4 is 55.0 Å². The topological polar surface area (TPSA) is 367 Å². The van der Waals surface area contributed by atoms with Crippen molar-refractivity contribution in [3.05, 3.63) is 87.7 Å². The first kappa shape index (κ1) is 47.3. The maximum Gasteiger partial charge on any atom is 0.469 e. The highest BCUT2D eigenvalue weighted by molar-refractivity contribution is 7.46. The Bertz CT molecular complexity index is 2130. The molecule has 5 rings (SSSR count). The van der Waals surface area contributed by atoms with E-state index in [-0.39, 0.29) is 44.5 Å². The third kappa shape index (κ3) is 15.6. The van der Waals surface area contributed by atoms with E-state index in [0.717, 1.165) is 0 Å². The molecule has 2 aliphatic rings. The summed E-state index contributed by atoms with van der Waals surface area (Å²) in [6, 6.07) is 6.44. The summed E-state index contributed by atoms with van der Waals surface area (Å²) in [7, 11) is -4.97. The lowest BCUT2D eigenvalue weighted by Gasteiger charge is -2.27. The zero-order valence-corrected chi connectivity index (χ0v) is 33.4. The number of aliphatic hydroxyl groups is 1. The number of fused-ring (bicyclic) bond motifs is 19. The van der Waals surface area contributed by atoms with Crippen molar-refractivity contribution in [1.29, 1.82) is 0 Å². The number of rotatable bonds is 11. The van der Waals surface area contributed by atoms with E-state index < -0.39 is 98.5 Å². The van der Waals surface area contributed by atoms with Crippen molar-refractivity contribution in [1.82, 2.24) is 41.2 Å². The van der Waals surface area contributed by atoms with Gasteiger partial charge in [0.1, 0.15) is 23.8 Å². The van der Waals surface area contributed by atoms with E-state index in [1.165, 1.54) is 33.8 Å². The Morgan fingerprint density at radius 3 is 2.39 bits per heavy atom. The van der Waals surface area contributed by atoms with Crippen molar-refractivity contribution in [2.24, 2.45) is 11.5 Å². The highest BCUT2D eigenvalue weighted by atomic mass is 31.2. The normalized spacial score (nSPS) is 19.9. The Morgan fingerprint density at radius 1 is 1.05 bits per heavy atom. The van der Waals surface area contributed by atoms with Crippen LogP contribution in [0, 0.1) is 10.1 Å². The third-order valence-corrected chi connectivity index (χ3v) is 9.44. The number of nitrogens with two attached hydrogens (primary N) is 2. The van der Waals surface area contributed by atoms with Gasteiger partial charge >= 0.3 is 7.82 Å². The monoisotopic (exact) mass is 871 g/mol. The largest absolute Gasteiger partial charge is 0.469 e. The average Bonchev–Trinajstić information content (AvgIpc) is 3.68. The van der Waals surface area contributed by atoms with Crippen molar-refractivity contribution < 1.29 is 57.7 Å². The Kier molecular flexibility index (Phi) is 17.2. The second-order valence-corrected chi connectivity index (χ2v) is 15.0. The first-order valence-electron chi connectivity index (χ1n) is 18.6. The number of amides is 6. The third-order valence-electron chi connectivity index (χ3n) is 8.95. The molecule has 11 N–H and O–H groups in total. The molecule has 1 aromatic heterocycles. The summed E-state index contributed by atoms with van der Waals surface area (Å²) >= 11 is 0. The van der Waals surface area contributed by atoms with Crippen LogP contribution in [0.4, 0.5) is 5.69 Å². The van der Waals surface area contributed by atoms with Gasteiger partial charge < -0.3 is 52.5 Å². The second kappa shape index (κ2) is 22.3. The minimum Gasteiger partial charge on any atom is -0.394 e. The standard InChI is InChI=1S/C36H46N11O13P/c37-28(21-60-61(57,58)59)34(52)42-29-15-22-4-8-26(9-5-22)46-18-24(43-44-46)3-1-2-14-45(19-31(38)49)36(54)30(16-23-6-10-27(11-7-23)47(55)56)41-32(50)12-13-39-33(51)17-25(20-48)40-35(29)53/h1,3-11,18,25,28-30,48H,2,12-17,19-21,37H2,(H2,38,49)(H,39,51)(H,40,53)(H,41,50)(H,42,52)(H2,57,58,59)/b3-1-/t25-,28+,29+,30+/m1/s1. The number of nitro benzene ring substituents is 1. The number of non-ortho nitro benzene ring substituents is 1. The van der Waals surface area contributed by atoms with E-state index in [0.29, 0.717) is 22.5 Å². The van der Waals surface area contributed by atoms with Gasteiger partial charge in [0.05, 0.1) is 42.6 Å². The molecule has 61 heavy (non-hydrogen) atoms. The zero-order valence-electron chi connectivity index (χ0n) is 32.5. The minimum absolute atomic E-state index is 0.00626. The molecule has 3 heterocycles. The Morgan fingerprint density at radius 2 is 1.75 bits per heavy atom. The summed E-state index contributed by atoms with van der Waals surface area (Å²) in [5.41, 5.74) is 13.0. The molecule has 4 bridgehead atoms. The summed E-state index contributed by atoms with van der Waals surface area (Å²) < 4.78 is 16.9. The number of aromatic nitrogens is 3. The van der Waals surface area contributed by atoms with Gasteiger partial charge in [-0.3, -0.25) is 43.4 Å². The number of phosphoric ester groups is 1. The molecule has 6 amide bonds. The van der Waals surface area contributed by atoms with Gasteiger partial charge in [-0.15, -0.1) is 5.10 Å². The van der Waals surface area contributed by atoms with Gasteiger partial charge in [-0.1, -0.05) is 35.6 Å². The molecule has 24 nitrogen and oxygen atoms in total. The number of nitrogens with one attached hydrogen (secondary N) is 4. The molecule has 2 aromatic carbocycles. The molecule has 328 valence electrons. The van der Waals surface area contributed by atoms with Gasteiger partial charge in [0.2, 0.25) is 35.4 Å². The summed E-state index contributed by atoms with van der Waals surface area (Å²) in [4.78, 5) is 108. The Labute approximate surface area is 347 Å². The summed E-state index contributed by atoms with van der Waals surface area (Å²) in [5, 5.41) is 39.5. The molecule has 0 saturated carbocycles. The van der Waals surface area contributed by atoms with E-state index in [1.54, 1.807) is 42.6 Å². The molecular formula is C36H46N11O13P. The Hall–Kier alpha value is -6.43. The molecule has 0 unspecified atom stereocenters. The van der Waals surface area contributed by atoms with Gasteiger partial charge in [0, 0.05) is 50.9 Å². The molecule has 0 fully saturated rings. The number of aliphatic hydroxyl groups excluding tert-OH is 1. The lowest BCUT2D eigenvalue weighted by atomic mass is 10.0. The molecular weight excluding hydrogens is 825 g/mol. The smallest absolute Gasteiger partial charge is 0.394 e. The molecule has 25 heteroatoms. The van der Waals surface area contributed by atoms with Crippen LogP contribution in [0.25, 0.3) is 11.8 Å². The van der Waals surface area contributed by atoms with Crippen molar-refractivity contribution in [3.8, 4) is 5.69 Å². The summed E-state index contributed by atoms with van der Waals surface area (Å²) in [6.45, 7) is -2.35. The van der Waals surface area contributed by atoms with Crippen LogP contribution in [0.15, 0.2) is 60.8 Å². The summed E-state index contributed by atoms with van der Waals surface area (Å²) in [6.07, 6.45) is 4.02. The van der Waals surface area contributed by atoms with E-state index in [4.69, 9.17) is 21.3 Å². The molecule has 2 aliphatic heterocycles. The van der Waals surface area contributed by atoms with Crippen LogP contribution in [0.1, 0.15) is 36.1 Å². The van der Waals surface area contributed by atoms with Crippen molar-refractivity contribution in [3.63, 3.8) is 0 Å². The van der Waals surface area contributed by atoms with E-state index in [1.807, 2.05) is 0 Å². The number of phosphoric acid groups is 1. The number of carbonyl (C=O) groups is 6. The van der Waals surface area contributed by atoms with Crippen LogP contribution < -0.4 is 32.7 Å². The molecule has 0 saturated heterocycles. The SMILES string of the molecule is NC(=O)CN1CC/C=C\c2cn(nn2)-c2ccc(cc2)C[C@H](NC(=O)[C@@H](N)COP(=O)(O)O)C(=O)N[C@@H](CO)CC(=O)NCCC(=O)N[C@@H](Cc2ccc([N+](=O)[O-])cc2)C1=O. The van der Waals surface area contributed by atoms with Gasteiger partial charge in [-0.05, 0) is 35.8 Å². The Balaban J connectivity index is 1.61. The van der Waals surface area contributed by atoms with Crippen molar-refractivity contribution in [2.75, 3.05) is 32.8 Å². The second-order valence-electron chi connectivity index (χ2n) is 13.8. The van der Waals surface area contributed by atoms with Crippen molar-refractivity contribution in [2.45, 2.75) is 56.3 Å². The maximum absolute atomic E-state index is 13.9. The zero-order chi connectivity index (χ0) is 44.7. The fraction of sp³-hybridized carbons (Fsp3) is 0.389. The number of primary amides is 1. The molecule has 0 radical (unpaired) electrons. The first-order valence-corrected chi connectivity index (χ1v) is 20.2. The number of carbonyl (C=O) groups excluding carboxylic acids is 6. The molecule has 0 spiro atoms. The van der Waals surface area contributed by atoms with Crippen LogP contribution in [-0.2, 0) is 50.7 Å². The van der Waals surface area contributed by atoms with Crippen LogP contribution in [0.3, 0.4) is 0 Å². The predicted molar refractivity (Wildman–Crippen MR) is 212 cm³/mol. The molecule has 4 atom stereocenters. The lowest BCUT2D eigenvalue weighted by molar-refractivity contribution is -0.384. The highest BCUT2D eigenvalue weighted by Gasteiger charge is 2.30. The number of nitro groups is 1. The first-order chi connectivity index (χ1) is 28.9. The van der Waals surface area contributed by atoms with E-state index in [9.17, 15) is 48.6 Å². The van der Waals surface area contributed by atoms with Gasteiger partial charge in [-0.2, -0.15) is 0 Å². The average molecular weight is 872 g/mol. The fourth-order valence-corrected chi connectivity index (χ4v) is 6.24. The van der Waals surface area contributed by atoms with Crippen LogP contribution in [-0.4, -0.2) is 132 Å². The predicted octanol–water partition coefficient (Wildman–Crippen LogP) is -2.53. The fourth-order valence-electron chi connectivity index (χ4n) is 5.88. The lowest BCUT2D eigenvalue weighted by Crippen LogP contribution is -2.55. The van der Waals surface area contributed by atoms with Crippen LogP contribution in [0.5, 0.6) is 0 Å². The minimum atomic E-state index is -4.97. The van der Waals surface area contributed by atoms with Gasteiger partial charge in [-0.25, -0.2) is 9.25 Å². The summed E-state index contributed by atoms with van der Waals surface area (Å²) in [5.74, 6) is -4.73. The van der Waals surface area contributed by atoms with Gasteiger partial charge in [0.15, 0.2) is 0 Å². The van der Waals surface area contributed by atoms with E-state index >= 15 is 0 Å². The number of nitrogens with zero attached hydrogens (tertiary/aromatic N) is 5. The molecule has 3 aromatic rings. The molecule has 0 aliphatic carbocycles. The number of hydrogen-bond acceptors (Lipinski definition) is 14. The van der Waals surface area contributed by atoms with Crippen LogP contribution >= 0.6 is 7.82 Å². The van der Waals surface area contributed by atoms with E-state index in [2.05, 4.69) is 36.1 Å². The maximum atomic E-state index is 13.9. The highest BCUT2D eigenvalue weighted by Crippen LogP contribution is 2.35. The quantitative estimate of drug-likeness (QED) is 0.0545. The van der Waals surface area contributed by atoms with Gasteiger partial charge in [0.25, 0.3) is 5.69 Å². The number of benzene rings is 2.